The molecule has 0 aliphatic rings. The van der Waals surface area contributed by atoms with E-state index in [2.05, 4.69) is 25.9 Å². The number of furan rings is 1. The molecule has 0 radical (unpaired) electrons. The molecule has 5 nitrogen and oxygen atoms in total. The lowest BCUT2D eigenvalue weighted by Crippen LogP contribution is -1.91. The summed E-state index contributed by atoms with van der Waals surface area (Å²) in [5.41, 5.74) is 1.44. The zero-order chi connectivity index (χ0) is 14.1. The first kappa shape index (κ1) is 13.0. The summed E-state index contributed by atoms with van der Waals surface area (Å²) in [7, 11) is 0. The Labute approximate surface area is 126 Å². The van der Waals surface area contributed by atoms with Crippen molar-refractivity contribution >= 4 is 33.2 Å². The van der Waals surface area contributed by atoms with Crippen molar-refractivity contribution in [3.05, 3.63) is 46.1 Å². The van der Waals surface area contributed by atoms with Gasteiger partial charge in [-0.15, -0.1) is 11.3 Å². The van der Waals surface area contributed by atoms with E-state index in [4.69, 9.17) is 9.52 Å². The third-order valence-corrected chi connectivity index (χ3v) is 4.05. The average Bonchev–Trinajstić information content (AvgIpc) is 3.08. The molecule has 0 aliphatic carbocycles. The molecule has 0 unspecified atom stereocenters. The van der Waals surface area contributed by atoms with Crippen molar-refractivity contribution < 1.29 is 14.3 Å². The highest BCUT2D eigenvalue weighted by Gasteiger charge is 2.14. The molecule has 0 amide bonds. The van der Waals surface area contributed by atoms with Gasteiger partial charge in [0, 0.05) is 22.1 Å². The van der Waals surface area contributed by atoms with Gasteiger partial charge in [-0.05, 0) is 28.1 Å². The normalized spacial score (nSPS) is 10.7. The number of hydrogen-bond acceptors (Lipinski definition) is 5. The molecule has 3 aromatic heterocycles. The van der Waals surface area contributed by atoms with E-state index in [0.29, 0.717) is 11.5 Å². The molecule has 100 valence electrons. The molecular formula is C13H7BrN2O3S. The number of halogens is 1. The first-order valence-corrected chi connectivity index (χ1v) is 7.21. The van der Waals surface area contributed by atoms with Crippen LogP contribution in [0.4, 0.5) is 0 Å². The van der Waals surface area contributed by atoms with Crippen LogP contribution in [0.2, 0.25) is 0 Å². The van der Waals surface area contributed by atoms with Crippen LogP contribution in [0, 0.1) is 0 Å². The Bertz CT molecular complexity index is 781. The monoisotopic (exact) mass is 350 g/mol. The lowest BCUT2D eigenvalue weighted by atomic mass is 10.3. The van der Waals surface area contributed by atoms with Crippen molar-refractivity contribution in [3.8, 4) is 22.2 Å². The standard InChI is InChI=1S/C13H7BrN2O3S/c14-8-2-1-3-15-11(8)12-16-9(6-20-12)10-4-7(5-19-10)13(17)18/h1-6H,(H,17,18). The Morgan fingerprint density at radius 2 is 2.30 bits per heavy atom. The molecule has 0 aromatic carbocycles. The second-order valence-electron chi connectivity index (χ2n) is 3.88. The maximum Gasteiger partial charge on any atom is 0.338 e. The van der Waals surface area contributed by atoms with E-state index in [-0.39, 0.29) is 5.56 Å². The Morgan fingerprint density at radius 3 is 3.00 bits per heavy atom. The lowest BCUT2D eigenvalue weighted by Gasteiger charge is -1.97. The van der Waals surface area contributed by atoms with Crippen molar-refractivity contribution in [1.82, 2.24) is 9.97 Å². The molecule has 3 aromatic rings. The summed E-state index contributed by atoms with van der Waals surface area (Å²) in [6, 6.07) is 5.17. The summed E-state index contributed by atoms with van der Waals surface area (Å²) in [5, 5.41) is 11.4. The van der Waals surface area contributed by atoms with Crippen LogP contribution in [0.1, 0.15) is 10.4 Å². The minimum atomic E-state index is -1.03. The highest BCUT2D eigenvalue weighted by Crippen LogP contribution is 2.32. The Kier molecular flexibility index (Phi) is 3.37. The molecule has 0 bridgehead atoms. The highest BCUT2D eigenvalue weighted by atomic mass is 79.9. The number of nitrogens with zero attached hydrogens (tertiary/aromatic N) is 2. The average molecular weight is 351 g/mol. The molecule has 0 fully saturated rings. The predicted octanol–water partition coefficient (Wildman–Crippen LogP) is 3.93. The molecule has 3 rings (SSSR count). The second-order valence-corrected chi connectivity index (χ2v) is 5.59. The third kappa shape index (κ3) is 2.37. The minimum Gasteiger partial charge on any atom is -0.478 e. The molecule has 3 heterocycles. The Morgan fingerprint density at radius 1 is 1.45 bits per heavy atom. The maximum atomic E-state index is 10.8. The van der Waals surface area contributed by atoms with Crippen LogP contribution in [0.5, 0.6) is 0 Å². The van der Waals surface area contributed by atoms with E-state index >= 15 is 0 Å². The largest absolute Gasteiger partial charge is 0.478 e. The maximum absolute atomic E-state index is 10.8. The zero-order valence-corrected chi connectivity index (χ0v) is 12.3. The molecular weight excluding hydrogens is 344 g/mol. The van der Waals surface area contributed by atoms with Crippen LogP contribution < -0.4 is 0 Å². The van der Waals surface area contributed by atoms with Gasteiger partial charge in [0.15, 0.2) is 5.76 Å². The Hall–Kier alpha value is -1.99. The van der Waals surface area contributed by atoms with Crippen molar-refractivity contribution in [2.75, 3.05) is 0 Å². The van der Waals surface area contributed by atoms with Crippen LogP contribution in [-0.2, 0) is 0 Å². The van der Waals surface area contributed by atoms with Crippen molar-refractivity contribution in [1.29, 1.82) is 0 Å². The zero-order valence-electron chi connectivity index (χ0n) is 9.91. The summed E-state index contributed by atoms with van der Waals surface area (Å²) in [6.07, 6.45) is 2.89. The lowest BCUT2D eigenvalue weighted by molar-refractivity contribution is 0.0696. The van der Waals surface area contributed by atoms with Crippen LogP contribution >= 0.6 is 27.3 Å². The van der Waals surface area contributed by atoms with Crippen LogP contribution in [0.15, 0.2) is 44.9 Å². The molecule has 0 spiro atoms. The topological polar surface area (TPSA) is 76.2 Å². The fraction of sp³-hybridized carbons (Fsp3) is 0. The number of aromatic nitrogens is 2. The van der Waals surface area contributed by atoms with Crippen molar-refractivity contribution in [2.24, 2.45) is 0 Å². The number of pyridine rings is 1. The van der Waals surface area contributed by atoms with Gasteiger partial charge in [-0.3, -0.25) is 4.98 Å². The first-order chi connectivity index (χ1) is 9.65. The number of carboxylic acid groups (broad SMARTS) is 1. The number of aromatic carboxylic acids is 1. The molecule has 20 heavy (non-hydrogen) atoms. The molecule has 7 heteroatoms. The SMILES string of the molecule is O=C(O)c1coc(-c2csc(-c3ncccc3Br)n2)c1. The van der Waals surface area contributed by atoms with Gasteiger partial charge in [-0.2, -0.15) is 0 Å². The summed E-state index contributed by atoms with van der Waals surface area (Å²) in [5.74, 6) is -0.597. The fourth-order valence-electron chi connectivity index (χ4n) is 1.62. The fourth-order valence-corrected chi connectivity index (χ4v) is 3.01. The molecule has 0 aliphatic heterocycles. The highest BCUT2D eigenvalue weighted by molar-refractivity contribution is 9.10. The van der Waals surface area contributed by atoms with Gasteiger partial charge >= 0.3 is 5.97 Å². The van der Waals surface area contributed by atoms with Crippen LogP contribution in [0.25, 0.3) is 22.2 Å². The van der Waals surface area contributed by atoms with E-state index in [9.17, 15) is 4.79 Å². The molecule has 0 atom stereocenters. The second kappa shape index (κ2) is 5.18. The van der Waals surface area contributed by atoms with Gasteiger partial charge in [-0.1, -0.05) is 0 Å². The predicted molar refractivity (Wildman–Crippen MR) is 77.7 cm³/mol. The number of thiazole rings is 1. The van der Waals surface area contributed by atoms with Gasteiger partial charge in [0.1, 0.15) is 22.7 Å². The van der Waals surface area contributed by atoms with Gasteiger partial charge in [0.25, 0.3) is 0 Å². The minimum absolute atomic E-state index is 0.105. The van der Waals surface area contributed by atoms with Gasteiger partial charge < -0.3 is 9.52 Å². The summed E-state index contributed by atoms with van der Waals surface area (Å²) >= 11 is 4.84. The number of hydrogen-bond donors (Lipinski definition) is 1. The van der Waals surface area contributed by atoms with Gasteiger partial charge in [-0.25, -0.2) is 9.78 Å². The van der Waals surface area contributed by atoms with Crippen LogP contribution in [-0.4, -0.2) is 21.0 Å². The number of carbonyl (C=O) groups is 1. The third-order valence-electron chi connectivity index (χ3n) is 2.56. The van der Waals surface area contributed by atoms with E-state index in [1.807, 2.05) is 12.1 Å². The number of carboxylic acids is 1. The van der Waals surface area contributed by atoms with Crippen molar-refractivity contribution in [2.45, 2.75) is 0 Å². The smallest absolute Gasteiger partial charge is 0.338 e. The van der Waals surface area contributed by atoms with Crippen LogP contribution in [0.3, 0.4) is 0 Å². The van der Waals surface area contributed by atoms with E-state index in [0.717, 1.165) is 15.2 Å². The van der Waals surface area contributed by atoms with Crippen molar-refractivity contribution in [3.63, 3.8) is 0 Å². The summed E-state index contributed by atoms with van der Waals surface area (Å²) in [4.78, 5) is 19.5. The Balaban J connectivity index is 1.98. The van der Waals surface area contributed by atoms with E-state index in [1.54, 1.807) is 11.6 Å². The van der Waals surface area contributed by atoms with Gasteiger partial charge in [0.2, 0.25) is 0 Å². The quantitative estimate of drug-likeness (QED) is 0.774. The first-order valence-electron chi connectivity index (χ1n) is 5.54. The van der Waals surface area contributed by atoms with E-state index in [1.165, 1.54) is 23.7 Å². The van der Waals surface area contributed by atoms with E-state index < -0.39 is 5.97 Å². The summed E-state index contributed by atoms with van der Waals surface area (Å²) in [6.45, 7) is 0. The van der Waals surface area contributed by atoms with Gasteiger partial charge in [0.05, 0.1) is 5.56 Å². The summed E-state index contributed by atoms with van der Waals surface area (Å²) < 4.78 is 6.08. The number of rotatable bonds is 3. The molecule has 0 saturated heterocycles. The molecule has 0 saturated carbocycles. The molecule has 1 N–H and O–H groups in total.